The molecule has 0 saturated heterocycles. The van der Waals surface area contributed by atoms with E-state index in [1.165, 1.54) is 0 Å². The molecule has 0 bridgehead atoms. The first-order valence-corrected chi connectivity index (χ1v) is 13.0. The largest absolute Gasteiger partial charge is 0.447 e. The highest BCUT2D eigenvalue weighted by Crippen LogP contribution is 2.26. The van der Waals surface area contributed by atoms with Crippen molar-refractivity contribution in [1.29, 1.82) is 0 Å². The zero-order valence-electron chi connectivity index (χ0n) is 20.4. The summed E-state index contributed by atoms with van der Waals surface area (Å²) in [6.07, 6.45) is 6.36. The van der Waals surface area contributed by atoms with Gasteiger partial charge in [-0.2, -0.15) is 0 Å². The molecule has 0 aliphatic carbocycles. The number of rotatable bonds is 10. The summed E-state index contributed by atoms with van der Waals surface area (Å²) in [7, 11) is -1.61. The molecule has 0 aliphatic heterocycles. The van der Waals surface area contributed by atoms with E-state index in [-0.39, 0.29) is 13.2 Å². The number of anilines is 2. The van der Waals surface area contributed by atoms with Crippen molar-refractivity contribution in [3.63, 3.8) is 0 Å². The van der Waals surface area contributed by atoms with Gasteiger partial charge < -0.3 is 13.9 Å². The van der Waals surface area contributed by atoms with Crippen LogP contribution in [0.5, 0.6) is 0 Å². The van der Waals surface area contributed by atoms with Crippen LogP contribution in [0.3, 0.4) is 0 Å². The molecule has 1 unspecified atom stereocenters. The molecule has 2 aromatic heterocycles. The van der Waals surface area contributed by atoms with Crippen LogP contribution >= 0.6 is 0 Å². The minimum Gasteiger partial charge on any atom is -0.447 e. The standard InChI is InChI=1S/C28H25N5O4S/c1-2-15-36-16-17-37-28(34)30-23-9-11-24(12-10-23)38(35)32-26-27-31-25(19-33(27)14-13-29-26)22-8-7-20-5-3-4-6-21(20)18-22/h2-14,18-19H,1,15-17H2,(H,29,32)(H,30,34). The minimum atomic E-state index is -1.61. The van der Waals surface area contributed by atoms with Gasteiger partial charge in [-0.1, -0.05) is 42.5 Å². The number of nitrogens with zero attached hydrogens (tertiary/aromatic N) is 3. The molecule has 38 heavy (non-hydrogen) atoms. The van der Waals surface area contributed by atoms with Crippen LogP contribution in [-0.4, -0.2) is 44.5 Å². The number of carbonyl (C=O) groups excluding carboxylic acids is 1. The Morgan fingerprint density at radius 2 is 1.87 bits per heavy atom. The normalized spacial score (nSPS) is 11.8. The smallest absolute Gasteiger partial charge is 0.411 e. The number of benzene rings is 3. The van der Waals surface area contributed by atoms with E-state index in [1.54, 1.807) is 42.7 Å². The number of aromatic nitrogens is 3. The molecular weight excluding hydrogens is 502 g/mol. The van der Waals surface area contributed by atoms with Crippen LogP contribution in [0.15, 0.2) is 103 Å². The number of hydrogen-bond donors (Lipinski definition) is 2. The Bertz CT molecular complexity index is 1620. The summed E-state index contributed by atoms with van der Waals surface area (Å²) in [5.41, 5.74) is 2.83. The highest BCUT2D eigenvalue weighted by atomic mass is 32.2. The van der Waals surface area contributed by atoms with Gasteiger partial charge in [0.05, 0.1) is 23.8 Å². The van der Waals surface area contributed by atoms with E-state index in [1.807, 2.05) is 28.8 Å². The fourth-order valence-electron chi connectivity index (χ4n) is 3.80. The monoisotopic (exact) mass is 527 g/mol. The minimum absolute atomic E-state index is 0.126. The van der Waals surface area contributed by atoms with E-state index >= 15 is 0 Å². The van der Waals surface area contributed by atoms with Gasteiger partial charge in [-0.05, 0) is 41.1 Å². The molecule has 5 rings (SSSR count). The number of carbonyl (C=O) groups is 1. The molecule has 5 aromatic rings. The number of fused-ring (bicyclic) bond motifs is 2. The topological polar surface area (TPSA) is 107 Å². The van der Waals surface area contributed by atoms with Crippen molar-refractivity contribution in [3.05, 3.63) is 98.0 Å². The van der Waals surface area contributed by atoms with E-state index in [0.29, 0.717) is 28.7 Å². The van der Waals surface area contributed by atoms with Crippen LogP contribution < -0.4 is 10.0 Å². The van der Waals surface area contributed by atoms with Crippen molar-refractivity contribution in [3.8, 4) is 11.3 Å². The van der Waals surface area contributed by atoms with E-state index in [2.05, 4.69) is 45.9 Å². The van der Waals surface area contributed by atoms with E-state index in [4.69, 9.17) is 14.5 Å². The second-order valence-corrected chi connectivity index (χ2v) is 9.43. The van der Waals surface area contributed by atoms with Crippen molar-refractivity contribution in [1.82, 2.24) is 14.4 Å². The number of imidazole rings is 1. The molecule has 0 fully saturated rings. The van der Waals surface area contributed by atoms with Gasteiger partial charge in [-0.25, -0.2) is 19.0 Å². The molecule has 0 spiro atoms. The second-order valence-electron chi connectivity index (χ2n) is 8.21. The summed E-state index contributed by atoms with van der Waals surface area (Å²) >= 11 is 0. The summed E-state index contributed by atoms with van der Waals surface area (Å²) < 4.78 is 28.0. The fraction of sp³-hybridized carbons (Fsp3) is 0.107. The molecule has 9 nitrogen and oxygen atoms in total. The molecule has 0 saturated carbocycles. The van der Waals surface area contributed by atoms with E-state index in [9.17, 15) is 9.00 Å². The zero-order valence-corrected chi connectivity index (χ0v) is 21.2. The predicted molar refractivity (Wildman–Crippen MR) is 148 cm³/mol. The Morgan fingerprint density at radius 3 is 2.68 bits per heavy atom. The summed E-state index contributed by atoms with van der Waals surface area (Å²) in [5.74, 6) is 0.391. The van der Waals surface area contributed by atoms with Gasteiger partial charge in [0.1, 0.15) is 6.61 Å². The van der Waals surface area contributed by atoms with Crippen LogP contribution in [0.2, 0.25) is 0 Å². The van der Waals surface area contributed by atoms with E-state index < -0.39 is 17.1 Å². The van der Waals surface area contributed by atoms with Crippen LogP contribution in [0, 0.1) is 0 Å². The van der Waals surface area contributed by atoms with Crippen LogP contribution in [-0.2, 0) is 20.5 Å². The average molecular weight is 528 g/mol. The third-order valence-corrected chi connectivity index (χ3v) is 6.70. The first kappa shape index (κ1) is 25.1. The number of hydrogen-bond acceptors (Lipinski definition) is 6. The van der Waals surface area contributed by atoms with Gasteiger partial charge in [0, 0.05) is 29.8 Å². The van der Waals surface area contributed by atoms with Crippen molar-refractivity contribution in [2.24, 2.45) is 0 Å². The molecule has 2 N–H and O–H groups in total. The number of ether oxygens (including phenoxy) is 2. The molecule has 10 heteroatoms. The Morgan fingerprint density at radius 1 is 1.05 bits per heavy atom. The molecule has 192 valence electrons. The molecule has 0 aliphatic rings. The zero-order chi connectivity index (χ0) is 26.3. The van der Waals surface area contributed by atoms with Gasteiger partial charge in [0.25, 0.3) is 0 Å². The SMILES string of the molecule is C=CCOCCOC(=O)Nc1ccc(S(=O)Nc2nccn3cc(-c4ccc5ccccc5c4)nc23)cc1. The van der Waals surface area contributed by atoms with Crippen molar-refractivity contribution < 1.29 is 18.5 Å². The summed E-state index contributed by atoms with van der Waals surface area (Å²) in [4.78, 5) is 21.5. The van der Waals surface area contributed by atoms with E-state index in [0.717, 1.165) is 22.0 Å². The molecule has 0 radical (unpaired) electrons. The fourth-order valence-corrected chi connectivity index (χ4v) is 4.62. The molecule has 1 atom stereocenters. The Balaban J connectivity index is 1.25. The molecule has 2 heterocycles. The van der Waals surface area contributed by atoms with Gasteiger partial charge in [0.15, 0.2) is 22.5 Å². The maximum absolute atomic E-state index is 13.0. The van der Waals surface area contributed by atoms with Crippen molar-refractivity contribution >= 4 is 45.0 Å². The quantitative estimate of drug-likeness (QED) is 0.185. The van der Waals surface area contributed by atoms with Crippen molar-refractivity contribution in [2.45, 2.75) is 4.90 Å². The highest BCUT2D eigenvalue weighted by Gasteiger charge is 2.13. The molecular formula is C28H25N5O4S. The lowest BCUT2D eigenvalue weighted by atomic mass is 10.1. The van der Waals surface area contributed by atoms with Gasteiger partial charge >= 0.3 is 6.09 Å². The summed E-state index contributed by atoms with van der Waals surface area (Å²) in [6.45, 7) is 4.35. The van der Waals surface area contributed by atoms with Crippen LogP contribution in [0.1, 0.15) is 0 Å². The third kappa shape index (κ3) is 5.88. The molecule has 1 amide bonds. The lowest BCUT2D eigenvalue weighted by molar-refractivity contribution is 0.0922. The van der Waals surface area contributed by atoms with Gasteiger partial charge in [-0.3, -0.25) is 10.0 Å². The number of amides is 1. The second kappa shape index (κ2) is 11.7. The Hall–Kier alpha value is -4.54. The summed E-state index contributed by atoms with van der Waals surface area (Å²) in [5, 5.41) is 4.91. The highest BCUT2D eigenvalue weighted by molar-refractivity contribution is 7.86. The Kier molecular flexibility index (Phi) is 7.72. The lowest BCUT2D eigenvalue weighted by Crippen LogP contribution is -2.16. The third-order valence-electron chi connectivity index (χ3n) is 5.62. The first-order chi connectivity index (χ1) is 18.6. The molecule has 3 aromatic carbocycles. The van der Waals surface area contributed by atoms with Gasteiger partial charge in [0.2, 0.25) is 0 Å². The van der Waals surface area contributed by atoms with Gasteiger partial charge in [-0.15, -0.1) is 6.58 Å². The summed E-state index contributed by atoms with van der Waals surface area (Å²) in [6, 6.07) is 20.9. The average Bonchev–Trinajstić information content (AvgIpc) is 3.39. The van der Waals surface area contributed by atoms with Crippen LogP contribution in [0.25, 0.3) is 27.7 Å². The lowest BCUT2D eigenvalue weighted by Gasteiger charge is -2.09. The maximum Gasteiger partial charge on any atom is 0.411 e. The van der Waals surface area contributed by atoms with Crippen molar-refractivity contribution in [2.75, 3.05) is 29.9 Å². The van der Waals surface area contributed by atoms with Crippen LogP contribution in [0.4, 0.5) is 16.3 Å². The maximum atomic E-state index is 13.0. The Labute approximate surface area is 221 Å². The number of nitrogens with one attached hydrogen (secondary N) is 2. The first-order valence-electron chi connectivity index (χ1n) is 11.8. The predicted octanol–water partition coefficient (Wildman–Crippen LogP) is 5.44.